The maximum Gasteiger partial charge on any atom is 0.429 e. The molecular formula is C52H66F38. The van der Waals surface area contributed by atoms with Crippen LogP contribution in [0.3, 0.4) is 0 Å². The molecule has 0 aliphatic heterocycles. The second-order valence-corrected chi connectivity index (χ2v) is 25.8. The molecule has 0 aromatic heterocycles. The highest BCUT2D eigenvalue weighted by molar-refractivity contribution is 5.33. The summed E-state index contributed by atoms with van der Waals surface area (Å²) < 4.78 is 489. The molecule has 38 heteroatoms. The van der Waals surface area contributed by atoms with E-state index in [1.165, 1.54) is 6.92 Å². The summed E-state index contributed by atoms with van der Waals surface area (Å²) in [7, 11) is 0. The van der Waals surface area contributed by atoms with Gasteiger partial charge in [-0.2, -0.15) is 149 Å². The monoisotopic (exact) mass is 1410 g/mol. The normalized spacial score (nSPS) is 42.6. The van der Waals surface area contributed by atoms with Crippen LogP contribution in [0.1, 0.15) is 136 Å². The van der Waals surface area contributed by atoms with Crippen molar-refractivity contribution in [3.63, 3.8) is 0 Å². The molecule has 0 heterocycles. The standard InChI is InChI=1S/C10H12F8.C9H11F7.C9H15F3.C8H6F10.C8H9F7.C8H13F3/c1-5(2)6(3,10(16,17)18)7(4,11)9(14,15)8(5,12)13;1-4-6(3,9(14,15)16)5(2)8(12,13)7(4,10)11;1-6-4-5-7(2)8(6,3)9(10,11)12;1-3(9)5(11,8(16,17)18)4(2,10)7(14,15)6(3,12)13;1-3-5(8(13,14)15)4(2)7(11,12)6(3,9)10;1-5-3-4-6(2)7(5)8(9,10)11/h1-4H3;4-5H,1-3H3;6-7H,4-5H2,1-3H3;1-2H3;3-5H,1-2H3;5-7H,3-4H2,1-2H3. The molecular weight excluding hydrogens is 1350 g/mol. The highest BCUT2D eigenvalue weighted by Gasteiger charge is 3.00. The van der Waals surface area contributed by atoms with Gasteiger partial charge in [-0.15, -0.1) is 0 Å². The molecule has 12 unspecified atom stereocenters. The lowest BCUT2D eigenvalue weighted by atomic mass is 9.63. The summed E-state index contributed by atoms with van der Waals surface area (Å²) in [6.45, 7) is 9.73. The summed E-state index contributed by atoms with van der Waals surface area (Å²) >= 11 is 0. The van der Waals surface area contributed by atoms with Gasteiger partial charge in [0.05, 0.1) is 28.1 Å². The fourth-order valence-corrected chi connectivity index (χ4v) is 13.0. The number of hydrogen-bond donors (Lipinski definition) is 0. The van der Waals surface area contributed by atoms with Crippen LogP contribution >= 0.6 is 0 Å². The first-order valence-electron chi connectivity index (χ1n) is 26.7. The predicted octanol–water partition coefficient (Wildman–Crippen LogP) is 23.3. The molecule has 0 N–H and O–H groups in total. The van der Waals surface area contributed by atoms with Crippen LogP contribution in [0.2, 0.25) is 0 Å². The van der Waals surface area contributed by atoms with Gasteiger partial charge in [0.2, 0.25) is 11.3 Å². The van der Waals surface area contributed by atoms with E-state index >= 15 is 0 Å². The van der Waals surface area contributed by atoms with Gasteiger partial charge in [-0.25, -0.2) is 17.6 Å². The molecule has 0 saturated heterocycles. The Bertz CT molecular complexity index is 2240. The molecule has 0 aromatic rings. The van der Waals surface area contributed by atoms with Crippen LogP contribution in [0.4, 0.5) is 167 Å². The van der Waals surface area contributed by atoms with Gasteiger partial charge in [0.25, 0.3) is 5.67 Å². The zero-order valence-electron chi connectivity index (χ0n) is 50.0. The zero-order chi connectivity index (χ0) is 73.6. The largest absolute Gasteiger partial charge is 0.429 e. The molecule has 6 fully saturated rings. The van der Waals surface area contributed by atoms with Gasteiger partial charge in [-0.1, -0.05) is 76.2 Å². The summed E-state index contributed by atoms with van der Waals surface area (Å²) in [4.78, 5) is 0. The third-order valence-electron chi connectivity index (χ3n) is 21.1. The van der Waals surface area contributed by atoms with E-state index in [4.69, 9.17) is 0 Å². The Hall–Kier alpha value is -2.66. The Labute approximate surface area is 491 Å². The summed E-state index contributed by atoms with van der Waals surface area (Å²) in [6, 6.07) is 0. The van der Waals surface area contributed by atoms with E-state index in [2.05, 4.69) is 0 Å². The minimum Gasteiger partial charge on any atom is -0.236 e. The van der Waals surface area contributed by atoms with Gasteiger partial charge in [0.1, 0.15) is 5.41 Å². The van der Waals surface area contributed by atoms with E-state index in [1.807, 2.05) is 0 Å². The van der Waals surface area contributed by atoms with Gasteiger partial charge >= 0.3 is 84.4 Å². The van der Waals surface area contributed by atoms with Crippen molar-refractivity contribution in [1.29, 1.82) is 0 Å². The first-order chi connectivity index (χ1) is 38.5. The van der Waals surface area contributed by atoms with Gasteiger partial charge in [-0.3, -0.25) is 0 Å². The van der Waals surface area contributed by atoms with Crippen molar-refractivity contribution in [2.45, 2.75) is 244 Å². The molecule has 0 amide bonds. The van der Waals surface area contributed by atoms with Crippen LogP contribution in [0.15, 0.2) is 0 Å². The zero-order valence-corrected chi connectivity index (χ0v) is 50.0. The number of halogens is 38. The third-order valence-corrected chi connectivity index (χ3v) is 21.1. The van der Waals surface area contributed by atoms with Crippen LogP contribution in [0.5, 0.6) is 0 Å². The van der Waals surface area contributed by atoms with E-state index in [-0.39, 0.29) is 37.5 Å². The number of rotatable bonds is 0. The first kappa shape index (κ1) is 85.4. The van der Waals surface area contributed by atoms with E-state index in [1.54, 1.807) is 27.7 Å². The molecule has 90 heavy (non-hydrogen) atoms. The van der Waals surface area contributed by atoms with Gasteiger partial charge in [-0.05, 0) is 84.0 Å². The first-order valence-corrected chi connectivity index (χ1v) is 26.7. The topological polar surface area (TPSA) is 0 Å². The van der Waals surface area contributed by atoms with E-state index in [0.29, 0.717) is 61.3 Å². The van der Waals surface area contributed by atoms with Crippen molar-refractivity contribution in [3.8, 4) is 0 Å². The number of alkyl halides is 38. The van der Waals surface area contributed by atoms with Crippen molar-refractivity contribution in [2.24, 2.45) is 80.8 Å². The minimum absolute atomic E-state index is 0.0713. The quantitative estimate of drug-likeness (QED) is 0.212. The van der Waals surface area contributed by atoms with Crippen LogP contribution < -0.4 is 0 Å². The van der Waals surface area contributed by atoms with E-state index < -0.39 is 178 Å². The Morgan fingerprint density at radius 3 is 0.667 bits per heavy atom. The van der Waals surface area contributed by atoms with Crippen molar-refractivity contribution >= 4 is 0 Å². The maximum absolute atomic E-state index is 14.0. The van der Waals surface area contributed by atoms with Gasteiger partial charge in [0, 0.05) is 23.7 Å². The molecule has 0 nitrogen and oxygen atoms in total. The van der Waals surface area contributed by atoms with Gasteiger partial charge < -0.3 is 0 Å². The lowest BCUT2D eigenvalue weighted by molar-refractivity contribution is -0.308. The summed E-state index contributed by atoms with van der Waals surface area (Å²) in [5.41, 5.74) is -33.1. The summed E-state index contributed by atoms with van der Waals surface area (Å²) in [6.07, 6.45) is -27.4. The van der Waals surface area contributed by atoms with E-state index in [9.17, 15) is 167 Å². The van der Waals surface area contributed by atoms with Crippen molar-refractivity contribution < 1.29 is 167 Å². The van der Waals surface area contributed by atoms with Gasteiger partial charge in [0.15, 0.2) is 5.67 Å². The minimum atomic E-state index is -6.58. The Morgan fingerprint density at radius 2 is 0.533 bits per heavy atom. The maximum atomic E-state index is 14.0. The Morgan fingerprint density at radius 1 is 0.278 bits per heavy atom. The number of hydrogen-bond acceptors (Lipinski definition) is 0. The fraction of sp³-hybridized carbons (Fsp3) is 1.00. The lowest BCUT2D eigenvalue weighted by Crippen LogP contribution is -2.64. The Kier molecular flexibility index (Phi) is 22.4. The highest BCUT2D eigenvalue weighted by Crippen LogP contribution is 2.77. The molecule has 6 aliphatic rings. The molecule has 540 valence electrons. The second kappa shape index (κ2) is 23.6. The average Bonchev–Trinajstić information content (AvgIpc) is 1.50. The molecule has 12 atom stereocenters. The molecule has 0 radical (unpaired) electrons. The predicted molar refractivity (Wildman–Crippen MR) is 245 cm³/mol. The molecule has 6 saturated carbocycles. The second-order valence-electron chi connectivity index (χ2n) is 25.8. The average molecular weight is 1410 g/mol. The summed E-state index contributed by atoms with van der Waals surface area (Å²) in [5.74, 6) is -55.6. The Balaban J connectivity index is 0.000000544. The van der Waals surface area contributed by atoms with Crippen LogP contribution in [0.25, 0.3) is 0 Å². The SMILES string of the molecule is CC1(C)C(F)(F)C(F)(F)C(C)(F)C1(C)C(F)(F)F.CC1(F)C(F)(F)C(F)(F)C(C)(F)C1(F)C(F)(F)F.CC1C(C(F)(F)F)C(C)C(F)(F)C1(F)F.CC1C(F)(F)C(F)(F)C(C)C1(C)C(F)(F)F.CC1CCC(C)C1(C)C(F)(F)F.CC1CCC(C)C1C(F)(F)F. The lowest BCUT2D eigenvalue weighted by Gasteiger charge is -2.44. The highest BCUT2D eigenvalue weighted by atomic mass is 19.4. The molecule has 6 rings (SSSR count). The van der Waals surface area contributed by atoms with Crippen molar-refractivity contribution in [3.05, 3.63) is 0 Å². The van der Waals surface area contributed by atoms with E-state index in [0.717, 1.165) is 12.8 Å². The van der Waals surface area contributed by atoms with Crippen LogP contribution in [-0.2, 0) is 0 Å². The molecule has 6 aliphatic carbocycles. The van der Waals surface area contributed by atoms with Crippen molar-refractivity contribution in [2.75, 3.05) is 0 Å². The molecule has 0 bridgehead atoms. The van der Waals surface area contributed by atoms with Crippen LogP contribution in [-0.4, -0.2) is 107 Å². The third kappa shape index (κ3) is 11.7. The molecule has 0 aromatic carbocycles. The fourth-order valence-electron chi connectivity index (χ4n) is 13.0. The smallest absolute Gasteiger partial charge is 0.236 e. The summed E-state index contributed by atoms with van der Waals surface area (Å²) in [5, 5.41) is 0. The van der Waals surface area contributed by atoms with Crippen LogP contribution in [0, 0.1) is 80.8 Å². The van der Waals surface area contributed by atoms with Crippen molar-refractivity contribution in [1.82, 2.24) is 0 Å². The molecule has 0 spiro atoms.